The van der Waals surface area contributed by atoms with Gasteiger partial charge < -0.3 is 24.7 Å². The van der Waals surface area contributed by atoms with Crippen molar-refractivity contribution in [3.63, 3.8) is 0 Å². The van der Waals surface area contributed by atoms with Crippen molar-refractivity contribution in [2.24, 2.45) is 0 Å². The third-order valence-corrected chi connectivity index (χ3v) is 8.07. The zero-order chi connectivity index (χ0) is 23.6. The maximum absolute atomic E-state index is 13.3. The average Bonchev–Trinajstić information content (AvgIpc) is 3.40. The zero-order valence-electron chi connectivity index (χ0n) is 20.0. The number of esters is 1. The number of allylic oxidation sites excluding steroid dienone is 1. The number of morpholine rings is 1. The van der Waals surface area contributed by atoms with Gasteiger partial charge in [0, 0.05) is 46.3 Å². The molecule has 1 atom stereocenters. The van der Waals surface area contributed by atoms with Gasteiger partial charge in [-0.1, -0.05) is 6.42 Å². The Morgan fingerprint density at radius 1 is 1.32 bits per heavy atom. The van der Waals surface area contributed by atoms with Gasteiger partial charge in [-0.05, 0) is 69.4 Å². The first-order valence-electron chi connectivity index (χ1n) is 12.4. The molecule has 0 bridgehead atoms. The van der Waals surface area contributed by atoms with Crippen LogP contribution in [0.25, 0.3) is 11.1 Å². The second-order valence-corrected chi connectivity index (χ2v) is 10.1. The summed E-state index contributed by atoms with van der Waals surface area (Å²) in [6, 6.07) is 6.52. The summed E-state index contributed by atoms with van der Waals surface area (Å²) in [6.45, 7) is 8.51. The monoisotopic (exact) mass is 461 g/mol. The van der Waals surface area contributed by atoms with Gasteiger partial charge in [-0.2, -0.15) is 0 Å². The van der Waals surface area contributed by atoms with Gasteiger partial charge in [0.1, 0.15) is 0 Å². The molecule has 2 aliphatic heterocycles. The standard InChI is InChI=1S/C27H31N3O4/c1-4-34-26(32)21-16(3)28-24-19(13-27(23(21)24)8-5-9-27)22-18-12-17(6-7-20(18)29-25(22)31)30-10-11-33-14-15(30)2/h6-7,12,15,28H,4-5,8-11,13-14H2,1-3H3,(H,29,31)/b22-19-/t15-/m1/s1. The highest BCUT2D eigenvalue weighted by molar-refractivity contribution is 6.37. The molecule has 2 fully saturated rings. The van der Waals surface area contributed by atoms with Gasteiger partial charge in [-0.3, -0.25) is 4.79 Å². The number of nitrogens with one attached hydrogen (secondary N) is 2. The van der Waals surface area contributed by atoms with E-state index in [4.69, 9.17) is 9.47 Å². The van der Waals surface area contributed by atoms with Crippen LogP contribution < -0.4 is 10.2 Å². The predicted octanol–water partition coefficient (Wildman–Crippen LogP) is 4.41. The molecule has 34 heavy (non-hydrogen) atoms. The maximum atomic E-state index is 13.3. The topological polar surface area (TPSA) is 83.7 Å². The quantitative estimate of drug-likeness (QED) is 0.523. The number of hydrogen-bond donors (Lipinski definition) is 2. The van der Waals surface area contributed by atoms with Crippen LogP contribution in [0, 0.1) is 6.92 Å². The van der Waals surface area contributed by atoms with Crippen LogP contribution in [0.5, 0.6) is 0 Å². The van der Waals surface area contributed by atoms with Gasteiger partial charge in [0.05, 0.1) is 31.0 Å². The zero-order valence-corrected chi connectivity index (χ0v) is 20.0. The molecule has 0 unspecified atom stereocenters. The van der Waals surface area contributed by atoms with Crippen LogP contribution in [0.2, 0.25) is 0 Å². The van der Waals surface area contributed by atoms with Gasteiger partial charge >= 0.3 is 5.97 Å². The Balaban J connectivity index is 1.50. The molecule has 7 nitrogen and oxygen atoms in total. The molecular weight excluding hydrogens is 430 g/mol. The van der Waals surface area contributed by atoms with E-state index in [-0.39, 0.29) is 23.3 Å². The van der Waals surface area contributed by atoms with Crippen molar-refractivity contribution >= 4 is 34.4 Å². The molecule has 6 rings (SSSR count). The number of ether oxygens (including phenoxy) is 2. The van der Waals surface area contributed by atoms with E-state index >= 15 is 0 Å². The van der Waals surface area contributed by atoms with Crippen LogP contribution in [0.15, 0.2) is 18.2 Å². The normalized spacial score (nSPS) is 24.6. The lowest BCUT2D eigenvalue weighted by molar-refractivity contribution is -0.110. The van der Waals surface area contributed by atoms with E-state index in [1.165, 1.54) is 0 Å². The molecule has 2 aromatic rings. The molecule has 4 aliphatic rings. The first-order chi connectivity index (χ1) is 16.4. The van der Waals surface area contributed by atoms with E-state index in [2.05, 4.69) is 34.3 Å². The molecule has 1 aromatic carbocycles. The number of aromatic nitrogens is 1. The number of anilines is 2. The fraction of sp³-hybridized carbons (Fsp3) is 0.481. The first kappa shape index (κ1) is 21.5. The minimum atomic E-state index is -0.269. The second kappa shape index (κ2) is 7.73. The lowest BCUT2D eigenvalue weighted by atomic mass is 9.64. The Bertz CT molecular complexity index is 1240. The molecule has 2 N–H and O–H groups in total. The van der Waals surface area contributed by atoms with E-state index in [9.17, 15) is 9.59 Å². The third kappa shape index (κ3) is 2.99. The second-order valence-electron chi connectivity index (χ2n) is 10.1. The summed E-state index contributed by atoms with van der Waals surface area (Å²) in [5, 5.41) is 3.08. The molecule has 0 radical (unpaired) electrons. The molecule has 1 aromatic heterocycles. The molecule has 1 amide bonds. The molecule has 1 saturated heterocycles. The Morgan fingerprint density at radius 3 is 2.85 bits per heavy atom. The number of nitrogens with zero attached hydrogens (tertiary/aromatic N) is 1. The number of hydrogen-bond acceptors (Lipinski definition) is 5. The van der Waals surface area contributed by atoms with E-state index in [0.717, 1.165) is 77.3 Å². The summed E-state index contributed by atoms with van der Waals surface area (Å²) < 4.78 is 11.0. The van der Waals surface area contributed by atoms with Crippen molar-refractivity contribution in [1.29, 1.82) is 0 Å². The first-order valence-corrected chi connectivity index (χ1v) is 12.4. The highest BCUT2D eigenvalue weighted by Gasteiger charge is 2.51. The Kier molecular flexibility index (Phi) is 4.88. The van der Waals surface area contributed by atoms with Crippen molar-refractivity contribution in [3.05, 3.63) is 46.3 Å². The van der Waals surface area contributed by atoms with Crippen molar-refractivity contribution < 1.29 is 19.1 Å². The summed E-state index contributed by atoms with van der Waals surface area (Å²) in [5.41, 5.74) is 8.09. The van der Waals surface area contributed by atoms with Crippen LogP contribution in [-0.2, 0) is 19.7 Å². The SMILES string of the molecule is CCOC(=O)c1c(C)[nH]c2c1C1(CCC1)C/C2=C1/C(=O)Nc2ccc(N3CCOC[C@H]3C)cc21. The Morgan fingerprint density at radius 2 is 2.15 bits per heavy atom. The summed E-state index contributed by atoms with van der Waals surface area (Å²) >= 11 is 0. The number of H-pyrrole nitrogens is 1. The largest absolute Gasteiger partial charge is 0.462 e. The summed E-state index contributed by atoms with van der Waals surface area (Å²) in [4.78, 5) is 32.1. The van der Waals surface area contributed by atoms with Gasteiger partial charge in [0.15, 0.2) is 0 Å². The highest BCUT2D eigenvalue weighted by atomic mass is 16.5. The molecule has 2 aliphatic carbocycles. The molecular formula is C27H31N3O4. The van der Waals surface area contributed by atoms with Crippen molar-refractivity contribution in [3.8, 4) is 0 Å². The highest BCUT2D eigenvalue weighted by Crippen LogP contribution is 2.60. The number of carbonyl (C=O) groups excluding carboxylic acids is 2. The smallest absolute Gasteiger partial charge is 0.340 e. The van der Waals surface area contributed by atoms with E-state index in [0.29, 0.717) is 25.4 Å². The molecule has 3 heterocycles. The Hall–Kier alpha value is -3.06. The minimum absolute atomic E-state index is 0.0653. The maximum Gasteiger partial charge on any atom is 0.340 e. The number of aromatic amines is 1. The van der Waals surface area contributed by atoms with Gasteiger partial charge in [-0.25, -0.2) is 4.79 Å². The molecule has 1 spiro atoms. The fourth-order valence-electron chi connectivity index (χ4n) is 6.34. The van der Waals surface area contributed by atoms with Crippen LogP contribution in [0.3, 0.4) is 0 Å². The summed E-state index contributed by atoms with van der Waals surface area (Å²) in [6.07, 6.45) is 3.97. The van der Waals surface area contributed by atoms with Crippen molar-refractivity contribution in [2.75, 3.05) is 36.6 Å². The van der Waals surface area contributed by atoms with Crippen LogP contribution in [-0.4, -0.2) is 49.3 Å². The number of carbonyl (C=O) groups is 2. The van der Waals surface area contributed by atoms with Gasteiger partial charge in [-0.15, -0.1) is 0 Å². The molecule has 1 saturated carbocycles. The summed E-state index contributed by atoms with van der Waals surface area (Å²) in [5.74, 6) is -0.334. The summed E-state index contributed by atoms with van der Waals surface area (Å²) in [7, 11) is 0. The fourth-order valence-corrected chi connectivity index (χ4v) is 6.34. The molecule has 7 heteroatoms. The Labute approximate surface area is 199 Å². The van der Waals surface area contributed by atoms with Gasteiger partial charge in [0.25, 0.3) is 5.91 Å². The van der Waals surface area contributed by atoms with Crippen LogP contribution in [0.4, 0.5) is 11.4 Å². The van der Waals surface area contributed by atoms with Crippen molar-refractivity contribution in [1.82, 2.24) is 4.98 Å². The third-order valence-electron chi connectivity index (χ3n) is 8.07. The number of aryl methyl sites for hydroxylation is 1. The lowest BCUT2D eigenvalue weighted by Crippen LogP contribution is -2.43. The lowest BCUT2D eigenvalue weighted by Gasteiger charge is -2.39. The number of fused-ring (bicyclic) bond motifs is 3. The number of amides is 1. The average molecular weight is 462 g/mol. The molecule has 178 valence electrons. The van der Waals surface area contributed by atoms with Crippen molar-refractivity contribution in [2.45, 2.75) is 57.9 Å². The van der Waals surface area contributed by atoms with E-state index < -0.39 is 0 Å². The predicted molar refractivity (Wildman–Crippen MR) is 131 cm³/mol. The van der Waals surface area contributed by atoms with Crippen LogP contribution >= 0.6 is 0 Å². The number of rotatable bonds is 3. The minimum Gasteiger partial charge on any atom is -0.462 e. The number of benzene rings is 1. The van der Waals surface area contributed by atoms with E-state index in [1.54, 1.807) is 0 Å². The van der Waals surface area contributed by atoms with E-state index in [1.807, 2.05) is 19.9 Å². The van der Waals surface area contributed by atoms with Gasteiger partial charge in [0.2, 0.25) is 0 Å². The van der Waals surface area contributed by atoms with Crippen LogP contribution in [0.1, 0.15) is 72.4 Å².